The predicted molar refractivity (Wildman–Crippen MR) is 59.1 cm³/mol. The lowest BCUT2D eigenvalue weighted by Crippen LogP contribution is -2.25. The second-order valence-electron chi connectivity index (χ2n) is 3.67. The number of rotatable bonds is 4. The summed E-state index contributed by atoms with van der Waals surface area (Å²) < 4.78 is 5.72. The Morgan fingerprint density at radius 3 is 2.38 bits per heavy atom. The molecule has 0 saturated carbocycles. The summed E-state index contributed by atoms with van der Waals surface area (Å²) in [6.45, 7) is 4.83. The summed E-state index contributed by atoms with van der Waals surface area (Å²) in [5, 5.41) is 0.854. The van der Waals surface area contributed by atoms with Gasteiger partial charge in [0.25, 0.3) is 0 Å². The van der Waals surface area contributed by atoms with E-state index in [9.17, 15) is 0 Å². The molecule has 0 aliphatic rings. The lowest BCUT2D eigenvalue weighted by atomic mass is 10.2. The van der Waals surface area contributed by atoms with E-state index in [0.717, 1.165) is 5.33 Å². The van der Waals surface area contributed by atoms with Crippen LogP contribution in [0.1, 0.15) is 19.4 Å². The van der Waals surface area contributed by atoms with E-state index >= 15 is 0 Å². The standard InChI is InChI=1S/C11H15BrO/c1-11(2,9-12)13-8-10-6-4-3-5-7-10/h3-7H,8-9H2,1-2H3. The van der Waals surface area contributed by atoms with E-state index in [1.54, 1.807) is 0 Å². The van der Waals surface area contributed by atoms with Crippen LogP contribution in [-0.2, 0) is 11.3 Å². The Kier molecular flexibility index (Phi) is 3.94. The van der Waals surface area contributed by atoms with E-state index < -0.39 is 0 Å². The molecule has 1 aromatic rings. The van der Waals surface area contributed by atoms with Gasteiger partial charge in [-0.1, -0.05) is 46.3 Å². The number of benzene rings is 1. The molecule has 13 heavy (non-hydrogen) atoms. The molecule has 0 unspecified atom stereocenters. The van der Waals surface area contributed by atoms with Gasteiger partial charge in [-0.2, -0.15) is 0 Å². The molecule has 2 heteroatoms. The molecule has 0 heterocycles. The minimum absolute atomic E-state index is 0.0875. The minimum atomic E-state index is -0.0875. The van der Waals surface area contributed by atoms with Crippen LogP contribution in [0.25, 0.3) is 0 Å². The summed E-state index contributed by atoms with van der Waals surface area (Å²) in [5.74, 6) is 0. The van der Waals surface area contributed by atoms with Gasteiger partial charge >= 0.3 is 0 Å². The van der Waals surface area contributed by atoms with Gasteiger partial charge < -0.3 is 4.74 Å². The molecule has 0 fully saturated rings. The van der Waals surface area contributed by atoms with E-state index in [-0.39, 0.29) is 5.60 Å². The van der Waals surface area contributed by atoms with Crippen LogP contribution in [0.5, 0.6) is 0 Å². The molecule has 0 aliphatic carbocycles. The van der Waals surface area contributed by atoms with Crippen molar-refractivity contribution in [2.75, 3.05) is 5.33 Å². The second kappa shape index (κ2) is 4.77. The fourth-order valence-electron chi connectivity index (χ4n) is 0.892. The van der Waals surface area contributed by atoms with E-state index in [1.165, 1.54) is 5.56 Å². The Bertz CT molecular complexity index is 244. The van der Waals surface area contributed by atoms with Gasteiger partial charge in [0, 0.05) is 5.33 Å². The largest absolute Gasteiger partial charge is 0.370 e. The molecule has 0 saturated heterocycles. The molecule has 0 spiro atoms. The molecule has 0 atom stereocenters. The fraction of sp³-hybridized carbons (Fsp3) is 0.455. The lowest BCUT2D eigenvalue weighted by molar-refractivity contribution is -0.0103. The maximum Gasteiger partial charge on any atom is 0.0727 e. The Hall–Kier alpha value is -0.340. The Morgan fingerprint density at radius 2 is 1.85 bits per heavy atom. The third-order valence-corrected chi connectivity index (χ3v) is 3.14. The average Bonchev–Trinajstić information content (AvgIpc) is 2.17. The number of hydrogen-bond donors (Lipinski definition) is 0. The van der Waals surface area contributed by atoms with Crippen LogP contribution in [0.15, 0.2) is 30.3 Å². The Labute approximate surface area is 88.2 Å². The quantitative estimate of drug-likeness (QED) is 0.736. The summed E-state index contributed by atoms with van der Waals surface area (Å²) in [6.07, 6.45) is 0. The van der Waals surface area contributed by atoms with E-state index in [1.807, 2.05) is 18.2 Å². The van der Waals surface area contributed by atoms with Crippen LogP contribution in [0, 0.1) is 0 Å². The molecule has 0 bridgehead atoms. The highest BCUT2D eigenvalue weighted by atomic mass is 79.9. The zero-order valence-electron chi connectivity index (χ0n) is 8.09. The average molecular weight is 243 g/mol. The van der Waals surface area contributed by atoms with Crippen LogP contribution in [-0.4, -0.2) is 10.9 Å². The third-order valence-electron chi connectivity index (χ3n) is 1.79. The van der Waals surface area contributed by atoms with E-state index in [4.69, 9.17) is 4.74 Å². The molecular weight excluding hydrogens is 228 g/mol. The van der Waals surface area contributed by atoms with Crippen LogP contribution in [0.2, 0.25) is 0 Å². The van der Waals surface area contributed by atoms with Gasteiger partial charge in [0.05, 0.1) is 12.2 Å². The van der Waals surface area contributed by atoms with Crippen molar-refractivity contribution < 1.29 is 4.74 Å². The molecule has 1 aromatic carbocycles. The molecule has 0 aromatic heterocycles. The molecular formula is C11H15BrO. The summed E-state index contributed by atoms with van der Waals surface area (Å²) in [6, 6.07) is 10.2. The zero-order valence-corrected chi connectivity index (χ0v) is 9.67. The lowest BCUT2D eigenvalue weighted by Gasteiger charge is -2.22. The van der Waals surface area contributed by atoms with Crippen molar-refractivity contribution in [1.82, 2.24) is 0 Å². The highest BCUT2D eigenvalue weighted by molar-refractivity contribution is 9.09. The van der Waals surface area contributed by atoms with Crippen molar-refractivity contribution in [3.8, 4) is 0 Å². The molecule has 0 N–H and O–H groups in total. The normalized spacial score (nSPS) is 11.6. The Balaban J connectivity index is 2.44. The first-order valence-corrected chi connectivity index (χ1v) is 5.50. The summed E-state index contributed by atoms with van der Waals surface area (Å²) >= 11 is 3.42. The molecule has 1 rings (SSSR count). The van der Waals surface area contributed by atoms with Gasteiger partial charge in [-0.3, -0.25) is 0 Å². The monoisotopic (exact) mass is 242 g/mol. The van der Waals surface area contributed by atoms with Gasteiger partial charge in [0.15, 0.2) is 0 Å². The molecule has 1 nitrogen and oxygen atoms in total. The summed E-state index contributed by atoms with van der Waals surface area (Å²) in [5.41, 5.74) is 1.13. The first kappa shape index (κ1) is 10.7. The fourth-order valence-corrected chi connectivity index (χ4v) is 1.05. The van der Waals surface area contributed by atoms with Crippen LogP contribution >= 0.6 is 15.9 Å². The topological polar surface area (TPSA) is 9.23 Å². The zero-order chi connectivity index (χ0) is 9.73. The summed E-state index contributed by atoms with van der Waals surface area (Å²) in [7, 11) is 0. The van der Waals surface area contributed by atoms with Gasteiger partial charge in [0.2, 0.25) is 0 Å². The molecule has 0 aliphatic heterocycles. The number of halogens is 1. The van der Waals surface area contributed by atoms with Crippen molar-refractivity contribution >= 4 is 15.9 Å². The van der Waals surface area contributed by atoms with Crippen LogP contribution < -0.4 is 0 Å². The second-order valence-corrected chi connectivity index (χ2v) is 4.23. The van der Waals surface area contributed by atoms with Crippen molar-refractivity contribution in [2.24, 2.45) is 0 Å². The van der Waals surface area contributed by atoms with Crippen LogP contribution in [0.4, 0.5) is 0 Å². The first-order valence-electron chi connectivity index (χ1n) is 4.38. The van der Waals surface area contributed by atoms with Gasteiger partial charge in [0.1, 0.15) is 0 Å². The van der Waals surface area contributed by atoms with Crippen LogP contribution in [0.3, 0.4) is 0 Å². The maximum absolute atomic E-state index is 5.72. The molecule has 0 radical (unpaired) electrons. The summed E-state index contributed by atoms with van der Waals surface area (Å²) in [4.78, 5) is 0. The third kappa shape index (κ3) is 3.92. The smallest absolute Gasteiger partial charge is 0.0727 e. The Morgan fingerprint density at radius 1 is 1.23 bits per heavy atom. The van der Waals surface area contributed by atoms with Crippen molar-refractivity contribution in [2.45, 2.75) is 26.1 Å². The highest BCUT2D eigenvalue weighted by Gasteiger charge is 2.15. The highest BCUT2D eigenvalue weighted by Crippen LogP contribution is 2.15. The predicted octanol–water partition coefficient (Wildman–Crippen LogP) is 3.38. The van der Waals surface area contributed by atoms with Crippen molar-refractivity contribution in [1.29, 1.82) is 0 Å². The number of hydrogen-bond acceptors (Lipinski definition) is 1. The number of ether oxygens (including phenoxy) is 1. The van der Waals surface area contributed by atoms with E-state index in [0.29, 0.717) is 6.61 Å². The SMILES string of the molecule is CC(C)(CBr)OCc1ccccc1. The maximum atomic E-state index is 5.72. The van der Waals surface area contributed by atoms with E-state index in [2.05, 4.69) is 41.9 Å². The first-order chi connectivity index (χ1) is 6.14. The number of alkyl halides is 1. The van der Waals surface area contributed by atoms with Gasteiger partial charge in [-0.25, -0.2) is 0 Å². The van der Waals surface area contributed by atoms with Crippen molar-refractivity contribution in [3.05, 3.63) is 35.9 Å². The minimum Gasteiger partial charge on any atom is -0.370 e. The van der Waals surface area contributed by atoms with Crippen molar-refractivity contribution in [3.63, 3.8) is 0 Å². The molecule has 0 amide bonds. The molecule has 72 valence electrons. The van der Waals surface area contributed by atoms with Gasteiger partial charge in [-0.05, 0) is 19.4 Å². The van der Waals surface area contributed by atoms with Gasteiger partial charge in [-0.15, -0.1) is 0 Å².